The number of hydrogen-bond donors (Lipinski definition) is 0. The van der Waals surface area contributed by atoms with E-state index in [4.69, 9.17) is 4.42 Å². The van der Waals surface area contributed by atoms with Crippen LogP contribution in [0.2, 0.25) is 0 Å². The molecule has 0 bridgehead atoms. The lowest BCUT2D eigenvalue weighted by Gasteiger charge is -2.26. The lowest BCUT2D eigenvalue weighted by molar-refractivity contribution is -0.120. The Bertz CT molecular complexity index is 1090. The van der Waals surface area contributed by atoms with Crippen molar-refractivity contribution < 1.29 is 9.21 Å². The molecule has 1 heterocycles. The van der Waals surface area contributed by atoms with Gasteiger partial charge in [0.2, 0.25) is 0 Å². The molecule has 4 aromatic rings. The zero-order valence-electron chi connectivity index (χ0n) is 14.8. The lowest BCUT2D eigenvalue weighted by atomic mass is 10.2. The second-order valence-electron chi connectivity index (χ2n) is 6.23. The van der Waals surface area contributed by atoms with Crippen LogP contribution < -0.4 is 10.7 Å². The highest BCUT2D eigenvalue weighted by Gasteiger charge is 2.27. The van der Waals surface area contributed by atoms with Gasteiger partial charge in [-0.2, -0.15) is 0 Å². The highest BCUT2D eigenvalue weighted by Crippen LogP contribution is 2.29. The number of anilines is 2. The number of amides is 1. The first-order chi connectivity index (χ1) is 13.2. The van der Waals surface area contributed by atoms with Gasteiger partial charge in [0.1, 0.15) is 6.04 Å². The predicted molar refractivity (Wildman–Crippen MR) is 105 cm³/mol. The molecular formula is C22H18N2O3. The smallest absolute Gasteiger partial charge is 0.408 e. The van der Waals surface area contributed by atoms with Crippen LogP contribution in [0, 0.1) is 0 Å². The Kier molecular flexibility index (Phi) is 4.34. The summed E-state index contributed by atoms with van der Waals surface area (Å²) in [5, 5.41) is 0. The quantitative estimate of drug-likeness (QED) is 0.539. The zero-order valence-corrected chi connectivity index (χ0v) is 14.8. The molecule has 0 aliphatic rings. The number of rotatable bonds is 4. The summed E-state index contributed by atoms with van der Waals surface area (Å²) in [6.45, 7) is 1.71. The summed E-state index contributed by atoms with van der Waals surface area (Å²) < 4.78 is 6.70. The van der Waals surface area contributed by atoms with Gasteiger partial charge in [-0.05, 0) is 43.3 Å². The van der Waals surface area contributed by atoms with E-state index in [1.165, 1.54) is 4.57 Å². The van der Waals surface area contributed by atoms with E-state index >= 15 is 0 Å². The van der Waals surface area contributed by atoms with Gasteiger partial charge in [0.05, 0.1) is 5.52 Å². The Morgan fingerprint density at radius 3 is 1.96 bits per heavy atom. The first-order valence-electron chi connectivity index (χ1n) is 8.71. The van der Waals surface area contributed by atoms with Crippen molar-refractivity contribution in [2.24, 2.45) is 0 Å². The fraction of sp³-hybridized carbons (Fsp3) is 0.0909. The van der Waals surface area contributed by atoms with Crippen molar-refractivity contribution in [3.63, 3.8) is 0 Å². The molecule has 5 heteroatoms. The van der Waals surface area contributed by atoms with Crippen molar-refractivity contribution in [3.8, 4) is 0 Å². The fourth-order valence-electron chi connectivity index (χ4n) is 3.21. The normalized spacial score (nSPS) is 12.0. The number of benzene rings is 3. The molecule has 5 nitrogen and oxygen atoms in total. The molecule has 4 rings (SSSR count). The highest BCUT2D eigenvalue weighted by atomic mass is 16.4. The van der Waals surface area contributed by atoms with E-state index in [0.717, 1.165) is 11.4 Å². The number of carbonyl (C=O) groups is 1. The predicted octanol–water partition coefficient (Wildman–Crippen LogP) is 4.52. The number of fused-ring (bicyclic) bond motifs is 1. The zero-order chi connectivity index (χ0) is 18.8. The Balaban J connectivity index is 1.82. The molecule has 134 valence electrons. The molecule has 0 saturated carbocycles. The van der Waals surface area contributed by atoms with Crippen molar-refractivity contribution in [1.82, 2.24) is 4.57 Å². The number of para-hydroxylation sites is 4. The average Bonchev–Trinajstić information content (AvgIpc) is 3.05. The van der Waals surface area contributed by atoms with Crippen molar-refractivity contribution in [2.75, 3.05) is 4.90 Å². The summed E-state index contributed by atoms with van der Waals surface area (Å²) in [6, 6.07) is 25.2. The molecule has 27 heavy (non-hydrogen) atoms. The first kappa shape index (κ1) is 16.8. The van der Waals surface area contributed by atoms with Crippen molar-refractivity contribution in [2.45, 2.75) is 13.0 Å². The summed E-state index contributed by atoms with van der Waals surface area (Å²) in [5.74, 6) is -0.765. The van der Waals surface area contributed by atoms with Crippen LogP contribution in [0.5, 0.6) is 0 Å². The first-order valence-corrected chi connectivity index (χ1v) is 8.71. The standard InChI is InChI=1S/C22H18N2O3/c1-16(23-19-14-8-9-15-20(19)27-22(23)26)21(25)24(17-10-4-2-5-11-17)18-12-6-3-7-13-18/h2-16H,1H3. The Morgan fingerprint density at radius 1 is 0.852 bits per heavy atom. The van der Waals surface area contributed by atoms with Gasteiger partial charge in [0.25, 0.3) is 5.91 Å². The number of hydrogen-bond acceptors (Lipinski definition) is 3. The summed E-state index contributed by atoms with van der Waals surface area (Å²) in [7, 11) is 0. The van der Waals surface area contributed by atoms with Gasteiger partial charge < -0.3 is 4.42 Å². The van der Waals surface area contributed by atoms with Crippen LogP contribution in [0.4, 0.5) is 11.4 Å². The Labute approximate surface area is 156 Å². The second-order valence-corrected chi connectivity index (χ2v) is 6.23. The number of nitrogens with zero attached hydrogens (tertiary/aromatic N) is 2. The molecule has 1 atom stereocenters. The Morgan fingerprint density at radius 2 is 1.37 bits per heavy atom. The average molecular weight is 358 g/mol. The monoisotopic (exact) mass is 358 g/mol. The van der Waals surface area contributed by atoms with E-state index in [9.17, 15) is 9.59 Å². The minimum Gasteiger partial charge on any atom is -0.408 e. The third-order valence-corrected chi connectivity index (χ3v) is 4.51. The molecule has 0 aliphatic carbocycles. The van der Waals surface area contributed by atoms with Crippen LogP contribution in [0.15, 0.2) is 94.1 Å². The van der Waals surface area contributed by atoms with Gasteiger partial charge >= 0.3 is 5.76 Å². The molecule has 3 aromatic carbocycles. The van der Waals surface area contributed by atoms with Gasteiger partial charge in [-0.25, -0.2) is 4.79 Å². The summed E-state index contributed by atoms with van der Waals surface area (Å²) in [6.07, 6.45) is 0. The number of carbonyl (C=O) groups excluding carboxylic acids is 1. The second kappa shape index (κ2) is 6.96. The molecule has 0 radical (unpaired) electrons. The number of aromatic nitrogens is 1. The molecule has 0 spiro atoms. The maximum absolute atomic E-state index is 13.5. The van der Waals surface area contributed by atoms with E-state index in [-0.39, 0.29) is 5.91 Å². The van der Waals surface area contributed by atoms with E-state index in [2.05, 4.69) is 0 Å². The Hall–Kier alpha value is -3.60. The molecule has 0 saturated heterocycles. The van der Waals surface area contributed by atoms with Gasteiger partial charge in [0.15, 0.2) is 5.58 Å². The summed E-state index contributed by atoms with van der Waals surface area (Å²) >= 11 is 0. The molecule has 0 fully saturated rings. The number of oxazole rings is 1. The van der Waals surface area contributed by atoms with Crippen LogP contribution >= 0.6 is 0 Å². The SMILES string of the molecule is CC(C(=O)N(c1ccccc1)c1ccccc1)n1c(=O)oc2ccccc21. The third kappa shape index (κ3) is 3.04. The largest absolute Gasteiger partial charge is 0.420 e. The molecule has 0 aliphatic heterocycles. The van der Waals surface area contributed by atoms with Gasteiger partial charge in [-0.1, -0.05) is 48.5 Å². The minimum absolute atomic E-state index is 0.221. The topological polar surface area (TPSA) is 55.5 Å². The van der Waals surface area contributed by atoms with E-state index in [1.807, 2.05) is 66.7 Å². The van der Waals surface area contributed by atoms with E-state index in [1.54, 1.807) is 30.0 Å². The summed E-state index contributed by atoms with van der Waals surface area (Å²) in [4.78, 5) is 27.5. The van der Waals surface area contributed by atoms with Gasteiger partial charge in [0, 0.05) is 11.4 Å². The maximum atomic E-state index is 13.5. The van der Waals surface area contributed by atoms with Crippen LogP contribution in [0.3, 0.4) is 0 Å². The molecule has 1 aromatic heterocycles. The third-order valence-electron chi connectivity index (χ3n) is 4.51. The molecule has 1 unspecified atom stereocenters. The molecule has 0 N–H and O–H groups in total. The molecule has 1 amide bonds. The van der Waals surface area contributed by atoms with Crippen LogP contribution in [-0.2, 0) is 4.79 Å². The van der Waals surface area contributed by atoms with Gasteiger partial charge in [-0.15, -0.1) is 0 Å². The fourth-order valence-corrected chi connectivity index (χ4v) is 3.21. The highest BCUT2D eigenvalue weighted by molar-refractivity contribution is 6.03. The molecular weight excluding hydrogens is 340 g/mol. The van der Waals surface area contributed by atoms with Crippen molar-refractivity contribution in [3.05, 3.63) is 95.5 Å². The van der Waals surface area contributed by atoms with E-state index < -0.39 is 11.8 Å². The van der Waals surface area contributed by atoms with Crippen LogP contribution in [-0.4, -0.2) is 10.5 Å². The van der Waals surface area contributed by atoms with Gasteiger partial charge in [-0.3, -0.25) is 14.3 Å². The van der Waals surface area contributed by atoms with Crippen LogP contribution in [0.1, 0.15) is 13.0 Å². The van der Waals surface area contributed by atoms with Crippen LogP contribution in [0.25, 0.3) is 11.1 Å². The van der Waals surface area contributed by atoms with Crippen molar-refractivity contribution in [1.29, 1.82) is 0 Å². The minimum atomic E-state index is -0.735. The summed E-state index contributed by atoms with van der Waals surface area (Å²) in [5.41, 5.74) is 2.54. The lowest BCUT2D eigenvalue weighted by Crippen LogP contribution is -2.35. The van der Waals surface area contributed by atoms with Crippen molar-refractivity contribution >= 4 is 28.4 Å². The maximum Gasteiger partial charge on any atom is 0.420 e. The van der Waals surface area contributed by atoms with E-state index in [0.29, 0.717) is 11.1 Å².